The first-order chi connectivity index (χ1) is 35.0. The van der Waals surface area contributed by atoms with E-state index in [9.17, 15) is 0 Å². The van der Waals surface area contributed by atoms with Gasteiger partial charge in [-0.05, 0) is 111 Å². The summed E-state index contributed by atoms with van der Waals surface area (Å²) >= 11 is 3.42. The predicted molar refractivity (Wildman–Crippen MR) is 277 cm³/mol. The molecule has 10 rings (SSSR count). The number of aromatic nitrogens is 2. The Kier molecular flexibility index (Phi) is 17.2. The van der Waals surface area contributed by atoms with Crippen LogP contribution in [0.3, 0.4) is 0 Å². The summed E-state index contributed by atoms with van der Waals surface area (Å²) in [7, 11) is -14.7. The number of hydrogen-bond donors (Lipinski definition) is 2. The molecule has 73 heavy (non-hydrogen) atoms. The Bertz CT molecular complexity index is 2890. The van der Waals surface area contributed by atoms with Gasteiger partial charge in [-0.25, -0.2) is 0 Å². The van der Waals surface area contributed by atoms with Gasteiger partial charge in [0.1, 0.15) is 41.0 Å². The lowest BCUT2D eigenvalue weighted by Gasteiger charge is -2.27. The highest BCUT2D eigenvalue weighted by molar-refractivity contribution is 8.07. The molecule has 0 spiro atoms. The third kappa shape index (κ3) is 12.7. The van der Waals surface area contributed by atoms with Crippen molar-refractivity contribution >= 4 is 80.3 Å². The van der Waals surface area contributed by atoms with E-state index < -0.39 is 35.0 Å². The Balaban J connectivity index is 0.000000650. The highest BCUT2D eigenvalue weighted by atomic mass is 35.7. The van der Waals surface area contributed by atoms with Crippen LogP contribution < -0.4 is 70.7 Å². The summed E-state index contributed by atoms with van der Waals surface area (Å²) in [5.41, 5.74) is 6.41. The second kappa shape index (κ2) is 23.5. The standard InChI is InChI=1S/C56H44N2OP2S2.2ClHO4/c1-41-33-37-43(38-34-41)51-57-52(60(45-21-9-3-10-22-45,46-23-11-4-12-24-46)47-25-13-5-14-26-47)55(59-51)63-56-53(58-54(62-56)44-39-35-42(2)36-40-44)61(48-27-15-6-16-28-48,49-29-17-7-18-30-49)50-31-19-8-20-32-50;2*2-1(3,4)5/h3-40H,1-2H3;2*(H,2,3,4,5)/q+2;;. The van der Waals surface area contributed by atoms with Crippen molar-refractivity contribution in [3.8, 4) is 22.0 Å². The fraction of sp³-hybridized carbons (Fsp3) is 0.0357. The van der Waals surface area contributed by atoms with E-state index >= 15 is 0 Å². The summed E-state index contributed by atoms with van der Waals surface area (Å²) in [6.07, 6.45) is 0. The van der Waals surface area contributed by atoms with E-state index in [1.807, 2.05) is 0 Å². The molecule has 0 fully saturated rings. The fourth-order valence-electron chi connectivity index (χ4n) is 8.41. The number of aryl methyl sites for hydroxylation is 2. The molecule has 8 aromatic carbocycles. The maximum absolute atomic E-state index is 8.60. The molecule has 0 aliphatic carbocycles. The van der Waals surface area contributed by atoms with Crippen molar-refractivity contribution in [3.05, 3.63) is 242 Å². The van der Waals surface area contributed by atoms with Gasteiger partial charge in [0.2, 0.25) is 16.4 Å². The van der Waals surface area contributed by atoms with Crippen molar-refractivity contribution in [2.75, 3.05) is 0 Å². The normalized spacial score (nSPS) is 11.8. The van der Waals surface area contributed by atoms with Crippen molar-refractivity contribution in [1.29, 1.82) is 0 Å². The monoisotopic (exact) mass is 1090 g/mol. The molecule has 2 N–H and O–H groups in total. The Hall–Kier alpha value is -5.93. The smallest absolute Gasteiger partial charge is 0.251 e. The highest BCUT2D eigenvalue weighted by Gasteiger charge is 2.55. The largest absolute Gasteiger partial charge is 0.425 e. The molecule has 0 saturated carbocycles. The molecular weight excluding hydrogens is 1040 g/mol. The minimum absolute atomic E-state index is 0.597. The van der Waals surface area contributed by atoms with Gasteiger partial charge in [0.15, 0.2) is 14.5 Å². The highest BCUT2D eigenvalue weighted by Crippen LogP contribution is 2.60. The Morgan fingerprint density at radius 2 is 0.699 bits per heavy atom. The molecule has 368 valence electrons. The zero-order valence-electron chi connectivity index (χ0n) is 39.1. The lowest BCUT2D eigenvalue weighted by molar-refractivity contribution is -1.92. The number of benzene rings is 8. The van der Waals surface area contributed by atoms with Crippen molar-refractivity contribution in [1.82, 2.24) is 9.97 Å². The van der Waals surface area contributed by atoms with Crippen molar-refractivity contribution in [3.63, 3.8) is 0 Å². The average molecular weight is 1090 g/mol. The molecule has 0 aliphatic rings. The van der Waals surface area contributed by atoms with Crippen LogP contribution in [0, 0.1) is 34.3 Å². The molecule has 0 radical (unpaired) electrons. The van der Waals surface area contributed by atoms with Gasteiger partial charge in [0.25, 0.3) is 5.44 Å². The number of hydrogen-bond acceptors (Lipinski definition) is 13. The van der Waals surface area contributed by atoms with E-state index in [4.69, 9.17) is 51.7 Å². The van der Waals surface area contributed by atoms with E-state index in [1.165, 1.54) is 43.0 Å². The van der Waals surface area contributed by atoms with Crippen LogP contribution >= 0.6 is 37.6 Å². The minimum atomic E-state index is -4.69. The third-order valence-corrected chi connectivity index (χ3v) is 22.5. The summed E-state index contributed by atoms with van der Waals surface area (Å²) in [5.74, 6) is 0.597. The number of nitrogens with zero attached hydrogens (tertiary/aromatic N) is 2. The van der Waals surface area contributed by atoms with Crippen molar-refractivity contribution in [2.24, 2.45) is 0 Å². The molecule has 17 heteroatoms. The van der Waals surface area contributed by atoms with Crippen LogP contribution in [0.15, 0.2) is 244 Å². The molecule has 2 aromatic heterocycles. The van der Waals surface area contributed by atoms with Crippen LogP contribution in [0.1, 0.15) is 11.1 Å². The molecule has 10 aromatic rings. The number of halogens is 2. The van der Waals surface area contributed by atoms with Gasteiger partial charge in [-0.3, -0.25) is 0 Å². The molecule has 0 aliphatic heterocycles. The first-order valence-corrected chi connectivity index (χ1v) is 30.0. The average Bonchev–Trinajstić information content (AvgIpc) is 4.01. The van der Waals surface area contributed by atoms with E-state index in [0.717, 1.165) is 36.3 Å². The Morgan fingerprint density at radius 1 is 0.411 bits per heavy atom. The molecule has 11 nitrogen and oxygen atoms in total. The van der Waals surface area contributed by atoms with E-state index in [2.05, 4.69) is 244 Å². The molecule has 2 heterocycles. The van der Waals surface area contributed by atoms with Crippen LogP contribution in [-0.2, 0) is 0 Å². The predicted octanol–water partition coefficient (Wildman–Crippen LogP) is 3.22. The number of thiazole rings is 1. The van der Waals surface area contributed by atoms with Crippen LogP contribution in [-0.4, -0.2) is 19.3 Å². The van der Waals surface area contributed by atoms with Crippen LogP contribution in [0.2, 0.25) is 0 Å². The molecule has 0 unspecified atom stereocenters. The summed E-state index contributed by atoms with van der Waals surface area (Å²) in [4.78, 5) is 11.5. The maximum atomic E-state index is 8.60. The van der Waals surface area contributed by atoms with Gasteiger partial charge >= 0.3 is 0 Å². The van der Waals surface area contributed by atoms with Crippen LogP contribution in [0.4, 0.5) is 0 Å². The second-order valence-electron chi connectivity index (χ2n) is 16.2. The molecule has 0 bridgehead atoms. The van der Waals surface area contributed by atoms with Crippen LogP contribution in [0.5, 0.6) is 0 Å². The summed E-state index contributed by atoms with van der Waals surface area (Å²) < 4.78 is 73.8. The van der Waals surface area contributed by atoms with E-state index in [1.54, 1.807) is 23.1 Å². The quantitative estimate of drug-likeness (QED) is 0.169. The molecule has 0 saturated heterocycles. The Morgan fingerprint density at radius 3 is 1.01 bits per heavy atom. The lowest BCUT2D eigenvalue weighted by Crippen LogP contribution is -2.58. The van der Waals surface area contributed by atoms with Gasteiger partial charge in [-0.1, -0.05) is 157 Å². The van der Waals surface area contributed by atoms with Gasteiger partial charge in [0, 0.05) is 11.1 Å². The lowest BCUT2D eigenvalue weighted by atomic mass is 10.1. The summed E-state index contributed by atoms with van der Waals surface area (Å²) in [5, 5.41) is 9.07. The topological polar surface area (TPSA) is 218 Å². The second-order valence-corrected chi connectivity index (χ2v) is 26.7. The SMILES string of the molecule is Cc1ccc(-c2nc([P+](c3ccccc3)(c3ccccc3)c3ccccc3)c(Sc3sc(-c4ccc(C)cc4)nc3[P+](c3ccccc3)(c3ccccc3)c3ccccc3)o2)cc1.[O-][Cl+3]([O-])([O-])O.[O-][Cl+3]([O-])([O-])O. The first kappa shape index (κ1) is 53.4. The molecular formula is C56H46Cl2N2O9P2S2+2. The first-order valence-electron chi connectivity index (χ1n) is 22.3. The minimum Gasteiger partial charge on any atom is -0.425 e. The van der Waals surface area contributed by atoms with Gasteiger partial charge in [-0.2, -0.15) is 37.9 Å². The van der Waals surface area contributed by atoms with Gasteiger partial charge < -0.3 is 4.42 Å². The number of oxazole rings is 1. The summed E-state index contributed by atoms with van der Waals surface area (Å²) in [6, 6.07) is 83.1. The van der Waals surface area contributed by atoms with E-state index in [-0.39, 0.29) is 0 Å². The zero-order valence-corrected chi connectivity index (χ0v) is 44.0. The molecule has 0 atom stereocenters. The summed E-state index contributed by atoms with van der Waals surface area (Å²) in [6.45, 7) is 4.25. The molecule has 0 amide bonds. The third-order valence-electron chi connectivity index (χ3n) is 11.4. The van der Waals surface area contributed by atoms with E-state index in [0.29, 0.717) is 5.89 Å². The van der Waals surface area contributed by atoms with Crippen molar-refractivity contribution < 1.29 is 62.2 Å². The van der Waals surface area contributed by atoms with Crippen LogP contribution in [0.25, 0.3) is 22.0 Å². The fourth-order valence-corrected chi connectivity index (χ4v) is 20.1. The number of rotatable bonds is 12. The van der Waals surface area contributed by atoms with Gasteiger partial charge in [0.05, 0.1) is 29.8 Å². The maximum Gasteiger partial charge on any atom is 0.251 e. The van der Waals surface area contributed by atoms with Crippen molar-refractivity contribution in [2.45, 2.75) is 23.1 Å². The van der Waals surface area contributed by atoms with Gasteiger partial charge in [-0.15, -0.1) is 11.3 Å². The zero-order chi connectivity index (χ0) is 51.6. The Labute approximate surface area is 436 Å².